The molecule has 1 amide bonds. The molecule has 2 fully saturated rings. The summed E-state index contributed by atoms with van der Waals surface area (Å²) in [5.41, 5.74) is 4.39. The van der Waals surface area contributed by atoms with E-state index < -0.39 is 10.0 Å². The van der Waals surface area contributed by atoms with Crippen LogP contribution in [0.3, 0.4) is 0 Å². The third-order valence-electron chi connectivity index (χ3n) is 7.39. The summed E-state index contributed by atoms with van der Waals surface area (Å²) in [7, 11) is -3.53. The molecular weight excluding hydrogens is 434 g/mol. The Kier molecular flexibility index (Phi) is 6.43. The third-order valence-corrected chi connectivity index (χ3v) is 9.29. The molecule has 3 aliphatic rings. The molecule has 6 nitrogen and oxygen atoms in total. The van der Waals surface area contributed by atoms with E-state index in [1.807, 2.05) is 30.3 Å². The van der Waals surface area contributed by atoms with Crippen molar-refractivity contribution in [2.24, 2.45) is 5.92 Å². The zero-order valence-electron chi connectivity index (χ0n) is 19.1. The Hall–Kier alpha value is -2.38. The van der Waals surface area contributed by atoms with Crippen LogP contribution in [-0.4, -0.2) is 44.8 Å². The van der Waals surface area contributed by atoms with E-state index in [9.17, 15) is 13.2 Å². The Morgan fingerprint density at radius 2 is 1.55 bits per heavy atom. The first-order valence-electron chi connectivity index (χ1n) is 12.3. The molecule has 1 N–H and O–H groups in total. The van der Waals surface area contributed by atoms with Gasteiger partial charge in [-0.2, -0.15) is 4.31 Å². The van der Waals surface area contributed by atoms with Crippen molar-refractivity contribution in [2.75, 3.05) is 36.4 Å². The summed E-state index contributed by atoms with van der Waals surface area (Å²) in [6.07, 6.45) is 7.74. The lowest BCUT2D eigenvalue weighted by Gasteiger charge is -2.31. The molecule has 0 radical (unpaired) electrons. The molecule has 0 bridgehead atoms. The van der Waals surface area contributed by atoms with Crippen LogP contribution in [-0.2, 0) is 27.7 Å². The van der Waals surface area contributed by atoms with Crippen molar-refractivity contribution >= 4 is 27.3 Å². The second kappa shape index (κ2) is 9.47. The maximum Gasteiger partial charge on any atom is 0.243 e. The normalized spacial score (nSPS) is 19.9. The molecule has 2 aromatic carbocycles. The quantitative estimate of drug-likeness (QED) is 0.715. The van der Waals surface area contributed by atoms with Gasteiger partial charge >= 0.3 is 0 Å². The molecule has 5 rings (SSSR count). The molecule has 0 unspecified atom stereocenters. The highest BCUT2D eigenvalue weighted by Crippen LogP contribution is 2.31. The highest BCUT2D eigenvalue weighted by molar-refractivity contribution is 7.89. The lowest BCUT2D eigenvalue weighted by Crippen LogP contribution is -2.41. The number of nitrogens with zero attached hydrogens (tertiary/aromatic N) is 2. The van der Waals surface area contributed by atoms with Crippen molar-refractivity contribution in [3.8, 4) is 0 Å². The van der Waals surface area contributed by atoms with Crippen molar-refractivity contribution in [1.82, 2.24) is 4.31 Å². The Morgan fingerprint density at radius 3 is 2.30 bits per heavy atom. The minimum Gasteiger partial charge on any atom is -0.370 e. The van der Waals surface area contributed by atoms with E-state index in [1.54, 1.807) is 10.4 Å². The number of rotatable bonds is 5. The second-order valence-corrected chi connectivity index (χ2v) is 11.5. The second-order valence-electron chi connectivity index (χ2n) is 9.52. The van der Waals surface area contributed by atoms with Gasteiger partial charge in [-0.3, -0.25) is 4.79 Å². The predicted octanol–water partition coefficient (Wildman–Crippen LogP) is 4.21. The topological polar surface area (TPSA) is 69.7 Å². The van der Waals surface area contributed by atoms with Crippen molar-refractivity contribution in [1.29, 1.82) is 0 Å². The highest BCUT2D eigenvalue weighted by atomic mass is 32.2. The van der Waals surface area contributed by atoms with Gasteiger partial charge in [0.1, 0.15) is 0 Å². The SMILES string of the molecule is O=C(Nc1ccccc1N1CCCC1)C1CCN(S(=O)(=O)c2ccc3c(c2)CCCC3)CC1. The van der Waals surface area contributed by atoms with E-state index in [2.05, 4.69) is 16.3 Å². The Bertz CT molecular complexity index is 1120. The van der Waals surface area contributed by atoms with E-state index >= 15 is 0 Å². The van der Waals surface area contributed by atoms with Gasteiger partial charge in [0.15, 0.2) is 0 Å². The Balaban J connectivity index is 1.23. The highest BCUT2D eigenvalue weighted by Gasteiger charge is 2.33. The Morgan fingerprint density at radius 1 is 0.848 bits per heavy atom. The molecule has 0 aromatic heterocycles. The minimum atomic E-state index is -3.53. The largest absolute Gasteiger partial charge is 0.370 e. The average Bonchev–Trinajstić information content (AvgIpc) is 3.39. The lowest BCUT2D eigenvalue weighted by molar-refractivity contribution is -0.120. The van der Waals surface area contributed by atoms with Crippen LogP contribution in [0.4, 0.5) is 11.4 Å². The number of hydrogen-bond acceptors (Lipinski definition) is 4. The van der Waals surface area contributed by atoms with E-state index in [-0.39, 0.29) is 11.8 Å². The van der Waals surface area contributed by atoms with Crippen LogP contribution in [0.1, 0.15) is 49.7 Å². The molecule has 2 aromatic rings. The van der Waals surface area contributed by atoms with Gasteiger partial charge in [0.05, 0.1) is 16.3 Å². The first kappa shape index (κ1) is 22.4. The molecule has 2 heterocycles. The molecule has 1 aliphatic carbocycles. The van der Waals surface area contributed by atoms with Crippen LogP contribution in [0.25, 0.3) is 0 Å². The van der Waals surface area contributed by atoms with Gasteiger partial charge in [0.25, 0.3) is 0 Å². The summed E-state index contributed by atoms with van der Waals surface area (Å²) in [5.74, 6) is -0.181. The predicted molar refractivity (Wildman–Crippen MR) is 131 cm³/mol. The maximum absolute atomic E-state index is 13.3. The summed E-state index contributed by atoms with van der Waals surface area (Å²) in [5, 5.41) is 3.13. The van der Waals surface area contributed by atoms with Crippen LogP contribution in [0, 0.1) is 5.92 Å². The summed E-state index contributed by atoms with van der Waals surface area (Å²) in [4.78, 5) is 15.7. The van der Waals surface area contributed by atoms with E-state index in [0.717, 1.165) is 43.7 Å². The van der Waals surface area contributed by atoms with Crippen molar-refractivity contribution in [2.45, 2.75) is 56.3 Å². The summed E-state index contributed by atoms with van der Waals surface area (Å²) in [6.45, 7) is 2.80. The fourth-order valence-corrected chi connectivity index (χ4v) is 6.95. The maximum atomic E-state index is 13.3. The fourth-order valence-electron chi connectivity index (χ4n) is 5.43. The molecule has 7 heteroatoms. The number of nitrogens with one attached hydrogen (secondary N) is 1. The summed E-state index contributed by atoms with van der Waals surface area (Å²) in [6, 6.07) is 13.6. The van der Waals surface area contributed by atoms with Gasteiger partial charge < -0.3 is 10.2 Å². The third kappa shape index (κ3) is 4.66. The van der Waals surface area contributed by atoms with Crippen LogP contribution in [0.5, 0.6) is 0 Å². The minimum absolute atomic E-state index is 0.00697. The number of piperidine rings is 1. The van der Waals surface area contributed by atoms with Crippen LogP contribution >= 0.6 is 0 Å². The first-order chi connectivity index (χ1) is 16.0. The number of fused-ring (bicyclic) bond motifs is 1. The van der Waals surface area contributed by atoms with Crippen LogP contribution in [0.2, 0.25) is 0 Å². The fraction of sp³-hybridized carbons (Fsp3) is 0.500. The number of carbonyl (C=O) groups excluding carboxylic acids is 1. The molecule has 2 aliphatic heterocycles. The number of benzene rings is 2. The number of anilines is 2. The van der Waals surface area contributed by atoms with Crippen molar-refractivity contribution < 1.29 is 13.2 Å². The van der Waals surface area contributed by atoms with Gasteiger partial charge in [0.2, 0.25) is 15.9 Å². The van der Waals surface area contributed by atoms with E-state index in [1.165, 1.54) is 30.4 Å². The van der Waals surface area contributed by atoms with Gasteiger partial charge in [-0.25, -0.2) is 8.42 Å². The average molecular weight is 468 g/mol. The number of sulfonamides is 1. The first-order valence-corrected chi connectivity index (χ1v) is 13.7. The number of carbonyl (C=O) groups is 1. The van der Waals surface area contributed by atoms with E-state index in [0.29, 0.717) is 30.8 Å². The molecule has 0 atom stereocenters. The van der Waals surface area contributed by atoms with E-state index in [4.69, 9.17) is 0 Å². The number of amides is 1. The Labute approximate surface area is 197 Å². The van der Waals surface area contributed by atoms with Crippen LogP contribution in [0.15, 0.2) is 47.4 Å². The lowest BCUT2D eigenvalue weighted by atomic mass is 9.92. The molecule has 0 saturated carbocycles. The summed E-state index contributed by atoms with van der Waals surface area (Å²) < 4.78 is 28.1. The van der Waals surface area contributed by atoms with Gasteiger partial charge in [-0.15, -0.1) is 0 Å². The number of aryl methyl sites for hydroxylation is 2. The van der Waals surface area contributed by atoms with Crippen LogP contribution < -0.4 is 10.2 Å². The molecule has 176 valence electrons. The molecule has 0 spiro atoms. The smallest absolute Gasteiger partial charge is 0.243 e. The molecule has 33 heavy (non-hydrogen) atoms. The zero-order chi connectivity index (χ0) is 22.8. The number of hydrogen-bond donors (Lipinski definition) is 1. The number of para-hydroxylation sites is 2. The monoisotopic (exact) mass is 467 g/mol. The zero-order valence-corrected chi connectivity index (χ0v) is 19.9. The summed E-state index contributed by atoms with van der Waals surface area (Å²) >= 11 is 0. The molecular formula is C26H33N3O3S. The van der Waals surface area contributed by atoms with Gasteiger partial charge in [0, 0.05) is 32.1 Å². The molecule has 2 saturated heterocycles. The van der Waals surface area contributed by atoms with Gasteiger partial charge in [-0.1, -0.05) is 18.2 Å². The van der Waals surface area contributed by atoms with Gasteiger partial charge in [-0.05, 0) is 86.8 Å². The van der Waals surface area contributed by atoms with Crippen molar-refractivity contribution in [3.63, 3.8) is 0 Å². The standard InChI is InChI=1S/C26H33N3O3S/c30-26(27-24-9-3-4-10-25(24)28-15-5-6-16-28)21-13-17-29(18-14-21)33(31,32)23-12-11-20-7-1-2-8-22(20)19-23/h3-4,9-12,19,21H,1-2,5-8,13-18H2,(H,27,30). The van der Waals surface area contributed by atoms with Crippen molar-refractivity contribution in [3.05, 3.63) is 53.6 Å².